The molecule has 0 aromatic carbocycles. The van der Waals surface area contributed by atoms with Gasteiger partial charge in [-0.05, 0) is 0 Å². The van der Waals surface area contributed by atoms with Crippen LogP contribution in [0.2, 0.25) is 0 Å². The lowest BCUT2D eigenvalue weighted by Crippen LogP contribution is -2.36. The summed E-state index contributed by atoms with van der Waals surface area (Å²) < 4.78 is 5.11. The molecule has 0 amide bonds. The van der Waals surface area contributed by atoms with Crippen LogP contribution in [0.25, 0.3) is 0 Å². The first-order chi connectivity index (χ1) is 4.34. The fraction of sp³-hybridized carbons (Fsp3) is 0.667. The molecule has 3 N–H and O–H groups in total. The van der Waals surface area contributed by atoms with E-state index in [1.807, 2.05) is 12.2 Å². The summed E-state index contributed by atoms with van der Waals surface area (Å²) in [5.41, 5.74) is 5.45. The Bertz CT molecular complexity index is 114. The van der Waals surface area contributed by atoms with E-state index < -0.39 is 0 Å². The van der Waals surface area contributed by atoms with Crippen LogP contribution in [-0.2, 0) is 4.74 Å². The van der Waals surface area contributed by atoms with Gasteiger partial charge in [-0.2, -0.15) is 0 Å². The van der Waals surface area contributed by atoms with E-state index in [4.69, 9.17) is 15.6 Å². The minimum absolute atomic E-state index is 0.0188. The molecule has 0 aliphatic carbocycles. The van der Waals surface area contributed by atoms with Crippen molar-refractivity contribution in [3.05, 3.63) is 12.2 Å². The highest BCUT2D eigenvalue weighted by Gasteiger charge is 2.16. The molecule has 3 heteroatoms. The Morgan fingerprint density at radius 3 is 3.11 bits per heavy atom. The summed E-state index contributed by atoms with van der Waals surface area (Å²) in [6.45, 7) is 0.605. The third-order valence-corrected chi connectivity index (χ3v) is 1.34. The lowest BCUT2D eigenvalue weighted by atomic mass is 10.2. The van der Waals surface area contributed by atoms with E-state index in [9.17, 15) is 0 Å². The molecule has 0 bridgehead atoms. The van der Waals surface area contributed by atoms with Crippen molar-refractivity contribution in [2.45, 2.75) is 12.1 Å². The zero-order valence-corrected chi connectivity index (χ0v) is 5.16. The first-order valence-corrected chi connectivity index (χ1v) is 2.99. The summed E-state index contributed by atoms with van der Waals surface area (Å²) >= 11 is 0. The second-order valence-electron chi connectivity index (χ2n) is 2.07. The largest absolute Gasteiger partial charge is 0.395 e. The molecule has 0 fully saturated rings. The smallest absolute Gasteiger partial charge is 0.0934 e. The van der Waals surface area contributed by atoms with E-state index in [-0.39, 0.29) is 18.8 Å². The van der Waals surface area contributed by atoms with Gasteiger partial charge in [-0.15, -0.1) is 0 Å². The van der Waals surface area contributed by atoms with Gasteiger partial charge >= 0.3 is 0 Å². The summed E-state index contributed by atoms with van der Waals surface area (Å²) in [5, 5.41) is 8.56. The number of aliphatic hydroxyl groups excluding tert-OH is 1. The molecular weight excluding hydrogens is 118 g/mol. The Morgan fingerprint density at radius 1 is 1.89 bits per heavy atom. The van der Waals surface area contributed by atoms with Crippen LogP contribution in [0.15, 0.2) is 12.2 Å². The number of hydrogen-bond donors (Lipinski definition) is 2. The monoisotopic (exact) mass is 129 g/mol. The van der Waals surface area contributed by atoms with Crippen molar-refractivity contribution in [3.63, 3.8) is 0 Å². The maximum Gasteiger partial charge on any atom is 0.0934 e. The summed E-state index contributed by atoms with van der Waals surface area (Å²) in [6.07, 6.45) is 3.70. The Labute approximate surface area is 54.1 Å². The van der Waals surface area contributed by atoms with Gasteiger partial charge in [-0.3, -0.25) is 0 Å². The second-order valence-corrected chi connectivity index (χ2v) is 2.07. The van der Waals surface area contributed by atoms with Gasteiger partial charge in [-0.1, -0.05) is 12.2 Å². The van der Waals surface area contributed by atoms with Crippen LogP contribution >= 0.6 is 0 Å². The van der Waals surface area contributed by atoms with Crippen LogP contribution in [0, 0.1) is 0 Å². The molecule has 0 aromatic rings. The second kappa shape index (κ2) is 2.96. The first-order valence-electron chi connectivity index (χ1n) is 2.99. The molecule has 0 spiro atoms. The maximum absolute atomic E-state index is 8.56. The van der Waals surface area contributed by atoms with Crippen LogP contribution in [-0.4, -0.2) is 30.5 Å². The molecule has 52 valence electrons. The fourth-order valence-electron chi connectivity index (χ4n) is 0.782. The third kappa shape index (κ3) is 1.51. The van der Waals surface area contributed by atoms with Gasteiger partial charge in [0.25, 0.3) is 0 Å². The van der Waals surface area contributed by atoms with Gasteiger partial charge in [0.1, 0.15) is 0 Å². The minimum Gasteiger partial charge on any atom is -0.395 e. The molecule has 0 saturated heterocycles. The quantitative estimate of drug-likeness (QED) is 0.483. The van der Waals surface area contributed by atoms with Gasteiger partial charge < -0.3 is 15.6 Å². The first kappa shape index (κ1) is 6.74. The van der Waals surface area contributed by atoms with Gasteiger partial charge in [0.05, 0.1) is 25.4 Å². The van der Waals surface area contributed by atoms with Crippen LogP contribution in [0.5, 0.6) is 0 Å². The number of nitrogens with two attached hydrogens (primary N) is 1. The Balaban J connectivity index is 2.33. The molecule has 0 aromatic heterocycles. The molecule has 1 rings (SSSR count). The van der Waals surface area contributed by atoms with Crippen LogP contribution in [0.3, 0.4) is 0 Å². The Morgan fingerprint density at radius 2 is 2.67 bits per heavy atom. The lowest BCUT2D eigenvalue weighted by molar-refractivity contribution is 0.0851. The molecule has 0 radical (unpaired) electrons. The average Bonchev–Trinajstić information content (AvgIpc) is 2.37. The zero-order chi connectivity index (χ0) is 6.69. The summed E-state index contributed by atoms with van der Waals surface area (Å²) in [7, 11) is 0. The zero-order valence-electron chi connectivity index (χ0n) is 5.16. The number of ether oxygens (including phenoxy) is 1. The van der Waals surface area contributed by atoms with Crippen molar-refractivity contribution in [2.75, 3.05) is 13.2 Å². The fourth-order valence-corrected chi connectivity index (χ4v) is 0.782. The summed E-state index contributed by atoms with van der Waals surface area (Å²) in [4.78, 5) is 0. The molecule has 1 aliphatic rings. The van der Waals surface area contributed by atoms with E-state index in [2.05, 4.69) is 0 Å². The molecule has 3 nitrogen and oxygen atoms in total. The predicted molar refractivity (Wildman–Crippen MR) is 33.9 cm³/mol. The van der Waals surface area contributed by atoms with Gasteiger partial charge in [0.2, 0.25) is 0 Å². The highest BCUT2D eigenvalue weighted by molar-refractivity contribution is 5.00. The molecule has 9 heavy (non-hydrogen) atoms. The minimum atomic E-state index is -0.260. The number of aliphatic hydroxyl groups is 1. The van der Waals surface area contributed by atoms with E-state index in [1.165, 1.54) is 0 Å². The maximum atomic E-state index is 8.56. The summed E-state index contributed by atoms with van der Waals surface area (Å²) in [5.74, 6) is 0. The van der Waals surface area contributed by atoms with Crippen molar-refractivity contribution in [2.24, 2.45) is 5.73 Å². The van der Waals surface area contributed by atoms with Crippen LogP contribution < -0.4 is 5.73 Å². The third-order valence-electron chi connectivity index (χ3n) is 1.34. The van der Waals surface area contributed by atoms with E-state index in [0.29, 0.717) is 6.61 Å². The van der Waals surface area contributed by atoms with Crippen molar-refractivity contribution < 1.29 is 9.84 Å². The highest BCUT2D eigenvalue weighted by Crippen LogP contribution is 2.05. The van der Waals surface area contributed by atoms with Crippen LogP contribution in [0.1, 0.15) is 0 Å². The van der Waals surface area contributed by atoms with Crippen LogP contribution in [0.4, 0.5) is 0 Å². The van der Waals surface area contributed by atoms with E-state index in [0.717, 1.165) is 0 Å². The molecular formula is C6H11NO2. The average molecular weight is 129 g/mol. The van der Waals surface area contributed by atoms with E-state index in [1.54, 1.807) is 0 Å². The van der Waals surface area contributed by atoms with Crippen molar-refractivity contribution in [1.82, 2.24) is 0 Å². The molecule has 1 heterocycles. The topological polar surface area (TPSA) is 55.5 Å². The van der Waals surface area contributed by atoms with Crippen molar-refractivity contribution in [1.29, 1.82) is 0 Å². The highest BCUT2D eigenvalue weighted by atomic mass is 16.5. The predicted octanol–water partition coefficient (Wildman–Crippen LogP) is -0.739. The normalized spacial score (nSPS) is 28.9. The van der Waals surface area contributed by atoms with Crippen molar-refractivity contribution >= 4 is 0 Å². The van der Waals surface area contributed by atoms with Crippen molar-refractivity contribution in [3.8, 4) is 0 Å². The van der Waals surface area contributed by atoms with Gasteiger partial charge in [0, 0.05) is 0 Å². The Kier molecular flexibility index (Phi) is 2.22. The Hall–Kier alpha value is -0.380. The van der Waals surface area contributed by atoms with Gasteiger partial charge in [-0.25, -0.2) is 0 Å². The lowest BCUT2D eigenvalue weighted by Gasteiger charge is -2.13. The number of rotatable bonds is 2. The standard InChI is InChI=1S/C6H11NO2/c7-5(4-8)6-2-1-3-9-6/h1-2,5-6,8H,3-4,7H2/t5-,6+/m1/s1. The molecule has 2 atom stereocenters. The molecule has 0 saturated carbocycles. The number of hydrogen-bond acceptors (Lipinski definition) is 3. The SMILES string of the molecule is N[C@H](CO)[C@@H]1C=CCO1. The molecule has 1 aliphatic heterocycles. The molecule has 0 unspecified atom stereocenters. The summed E-state index contributed by atoms with van der Waals surface area (Å²) in [6, 6.07) is -0.260. The van der Waals surface area contributed by atoms with E-state index >= 15 is 0 Å². The van der Waals surface area contributed by atoms with Gasteiger partial charge in [0.15, 0.2) is 0 Å².